The first-order valence-corrected chi connectivity index (χ1v) is 6.44. The lowest BCUT2D eigenvalue weighted by Gasteiger charge is -2.46. The molecule has 0 bridgehead atoms. The normalized spacial score (nSPS) is 31.9. The second-order valence-corrected chi connectivity index (χ2v) is 4.95. The Hall–Kier alpha value is -0.920. The number of rotatable bonds is 3. The number of nitriles is 1. The van der Waals surface area contributed by atoms with Crippen LogP contribution in [0.15, 0.2) is 0 Å². The van der Waals surface area contributed by atoms with E-state index in [0.29, 0.717) is 19.3 Å². The van der Waals surface area contributed by atoms with E-state index in [1.54, 1.807) is 0 Å². The predicted molar refractivity (Wildman–Crippen MR) is 61.1 cm³/mol. The first-order valence-electron chi connectivity index (χ1n) is 6.44. The average Bonchev–Trinajstić information content (AvgIpc) is 2.30. The van der Waals surface area contributed by atoms with Crippen LogP contribution in [0.4, 0.5) is 0 Å². The molecular formula is C13H19NO3. The van der Waals surface area contributed by atoms with E-state index in [0.717, 1.165) is 32.0 Å². The third kappa shape index (κ3) is 3.05. The predicted octanol–water partition coefficient (Wildman–Crippen LogP) is 2.32. The highest BCUT2D eigenvalue weighted by Gasteiger charge is 2.42. The van der Waals surface area contributed by atoms with Gasteiger partial charge in [0.2, 0.25) is 0 Å². The van der Waals surface area contributed by atoms with Gasteiger partial charge in [0.25, 0.3) is 0 Å². The number of hydrogen-bond donors (Lipinski definition) is 0. The molecule has 4 heteroatoms. The molecule has 2 atom stereocenters. The highest BCUT2D eigenvalue weighted by molar-refractivity contribution is 5.50. The molecule has 1 saturated carbocycles. The molecule has 1 heterocycles. The van der Waals surface area contributed by atoms with Gasteiger partial charge in [0, 0.05) is 25.7 Å². The molecule has 2 fully saturated rings. The molecule has 0 radical (unpaired) electrons. The minimum absolute atomic E-state index is 0.0716. The van der Waals surface area contributed by atoms with Crippen molar-refractivity contribution >= 4 is 6.29 Å². The Morgan fingerprint density at radius 2 is 1.94 bits per heavy atom. The van der Waals surface area contributed by atoms with Gasteiger partial charge in [-0.2, -0.15) is 5.26 Å². The minimum atomic E-state index is -0.508. The molecule has 17 heavy (non-hydrogen) atoms. The summed E-state index contributed by atoms with van der Waals surface area (Å²) in [6.07, 6.45) is 7.43. The fourth-order valence-corrected chi connectivity index (χ4v) is 2.83. The van der Waals surface area contributed by atoms with Crippen LogP contribution in [-0.2, 0) is 14.3 Å². The molecule has 1 aliphatic carbocycles. The quantitative estimate of drug-likeness (QED) is 0.707. The molecule has 1 spiro atoms. The molecule has 1 aliphatic heterocycles. The highest BCUT2D eigenvalue weighted by atomic mass is 16.7. The third-order valence-corrected chi connectivity index (χ3v) is 3.58. The number of nitrogens with zero attached hydrogens (tertiary/aromatic N) is 1. The van der Waals surface area contributed by atoms with E-state index in [4.69, 9.17) is 14.7 Å². The maximum Gasteiger partial charge on any atom is 0.169 e. The summed E-state index contributed by atoms with van der Waals surface area (Å²) in [5.74, 6) is -0.508. The Bertz CT molecular complexity index is 304. The van der Waals surface area contributed by atoms with Crippen LogP contribution in [0.1, 0.15) is 51.4 Å². The molecule has 2 unspecified atom stereocenters. The van der Waals surface area contributed by atoms with Gasteiger partial charge in [-0.15, -0.1) is 0 Å². The Kier molecular flexibility index (Phi) is 4.14. The van der Waals surface area contributed by atoms with E-state index in [9.17, 15) is 4.79 Å². The second kappa shape index (κ2) is 5.61. The summed E-state index contributed by atoms with van der Waals surface area (Å²) in [6, 6.07) is 2.15. The summed E-state index contributed by atoms with van der Waals surface area (Å²) < 4.78 is 11.9. The van der Waals surface area contributed by atoms with Gasteiger partial charge in [-0.25, -0.2) is 0 Å². The lowest BCUT2D eigenvalue weighted by Crippen LogP contribution is -2.49. The van der Waals surface area contributed by atoms with E-state index in [1.165, 1.54) is 6.42 Å². The van der Waals surface area contributed by atoms with Crippen LogP contribution in [0.25, 0.3) is 0 Å². The van der Waals surface area contributed by atoms with Crippen molar-refractivity contribution in [2.45, 2.75) is 69.4 Å². The van der Waals surface area contributed by atoms with Crippen molar-refractivity contribution in [1.29, 1.82) is 5.26 Å². The summed E-state index contributed by atoms with van der Waals surface area (Å²) in [7, 11) is 0. The first-order chi connectivity index (χ1) is 8.28. The molecule has 0 aromatic heterocycles. The number of aldehydes is 1. The molecule has 0 aromatic carbocycles. The zero-order valence-corrected chi connectivity index (χ0v) is 10.1. The van der Waals surface area contributed by atoms with E-state index >= 15 is 0 Å². The fraction of sp³-hybridized carbons (Fsp3) is 0.846. The van der Waals surface area contributed by atoms with Crippen molar-refractivity contribution in [1.82, 2.24) is 0 Å². The smallest absolute Gasteiger partial charge is 0.169 e. The van der Waals surface area contributed by atoms with Crippen LogP contribution in [0.3, 0.4) is 0 Å². The Morgan fingerprint density at radius 3 is 2.59 bits per heavy atom. The lowest BCUT2D eigenvalue weighted by atomic mass is 9.91. The van der Waals surface area contributed by atoms with Gasteiger partial charge in [0.15, 0.2) is 5.79 Å². The number of carbonyl (C=O) groups is 1. The summed E-state index contributed by atoms with van der Waals surface area (Å²) in [5.41, 5.74) is 0. The zero-order valence-electron chi connectivity index (χ0n) is 10.1. The van der Waals surface area contributed by atoms with Crippen molar-refractivity contribution in [2.75, 3.05) is 0 Å². The van der Waals surface area contributed by atoms with Crippen LogP contribution in [0.5, 0.6) is 0 Å². The van der Waals surface area contributed by atoms with E-state index in [2.05, 4.69) is 6.07 Å². The van der Waals surface area contributed by atoms with Gasteiger partial charge in [0.05, 0.1) is 24.7 Å². The number of ether oxygens (including phenoxy) is 2. The Morgan fingerprint density at radius 1 is 1.24 bits per heavy atom. The summed E-state index contributed by atoms with van der Waals surface area (Å²) in [4.78, 5) is 10.6. The molecule has 0 N–H and O–H groups in total. The number of hydrogen-bond acceptors (Lipinski definition) is 4. The highest BCUT2D eigenvalue weighted by Crippen LogP contribution is 2.40. The molecule has 2 aliphatic rings. The van der Waals surface area contributed by atoms with Gasteiger partial charge >= 0.3 is 0 Å². The molecule has 4 nitrogen and oxygen atoms in total. The number of carbonyl (C=O) groups excluding carboxylic acids is 1. The van der Waals surface area contributed by atoms with Crippen molar-refractivity contribution in [3.8, 4) is 6.07 Å². The van der Waals surface area contributed by atoms with E-state index < -0.39 is 5.79 Å². The maximum absolute atomic E-state index is 10.6. The second-order valence-electron chi connectivity index (χ2n) is 4.95. The monoisotopic (exact) mass is 237 g/mol. The SMILES string of the molecule is N#CCC1CC(CC=O)OC2(CCCCC2)O1. The van der Waals surface area contributed by atoms with Crippen LogP contribution < -0.4 is 0 Å². The molecular weight excluding hydrogens is 218 g/mol. The maximum atomic E-state index is 10.6. The topological polar surface area (TPSA) is 59.3 Å². The van der Waals surface area contributed by atoms with Crippen molar-refractivity contribution in [3.05, 3.63) is 0 Å². The van der Waals surface area contributed by atoms with Crippen molar-refractivity contribution in [2.24, 2.45) is 0 Å². The Balaban J connectivity index is 2.04. The summed E-state index contributed by atoms with van der Waals surface area (Å²) in [5, 5.41) is 8.78. The summed E-state index contributed by atoms with van der Waals surface area (Å²) in [6.45, 7) is 0. The van der Waals surface area contributed by atoms with E-state index in [1.807, 2.05) is 0 Å². The van der Waals surface area contributed by atoms with Crippen molar-refractivity contribution in [3.63, 3.8) is 0 Å². The summed E-state index contributed by atoms with van der Waals surface area (Å²) >= 11 is 0. The lowest BCUT2D eigenvalue weighted by molar-refractivity contribution is -0.327. The van der Waals surface area contributed by atoms with Crippen molar-refractivity contribution < 1.29 is 14.3 Å². The van der Waals surface area contributed by atoms with Gasteiger partial charge in [-0.05, 0) is 12.8 Å². The molecule has 94 valence electrons. The average molecular weight is 237 g/mol. The van der Waals surface area contributed by atoms with Crippen LogP contribution >= 0.6 is 0 Å². The van der Waals surface area contributed by atoms with Crippen LogP contribution in [0.2, 0.25) is 0 Å². The molecule has 0 aromatic rings. The van der Waals surface area contributed by atoms with Gasteiger partial charge < -0.3 is 14.3 Å². The largest absolute Gasteiger partial charge is 0.346 e. The van der Waals surface area contributed by atoms with Crippen LogP contribution in [-0.4, -0.2) is 24.3 Å². The molecule has 1 saturated heterocycles. The molecule has 2 rings (SSSR count). The minimum Gasteiger partial charge on any atom is -0.346 e. The fourth-order valence-electron chi connectivity index (χ4n) is 2.83. The van der Waals surface area contributed by atoms with Gasteiger partial charge in [-0.1, -0.05) is 6.42 Å². The standard InChI is InChI=1S/C13H19NO3/c14-8-4-11-10-12(5-9-15)17-13(16-11)6-2-1-3-7-13/h9,11-12H,1-7,10H2. The van der Waals surface area contributed by atoms with Crippen LogP contribution in [0, 0.1) is 11.3 Å². The Labute approximate surface area is 102 Å². The van der Waals surface area contributed by atoms with Gasteiger partial charge in [0.1, 0.15) is 6.29 Å². The zero-order chi connectivity index (χ0) is 12.1. The molecule has 0 amide bonds. The van der Waals surface area contributed by atoms with Gasteiger partial charge in [-0.3, -0.25) is 0 Å². The van der Waals surface area contributed by atoms with E-state index in [-0.39, 0.29) is 12.2 Å². The first kappa shape index (κ1) is 12.5. The third-order valence-electron chi connectivity index (χ3n) is 3.58.